The summed E-state index contributed by atoms with van der Waals surface area (Å²) in [6, 6.07) is 0. The molecule has 0 aromatic heterocycles. The van der Waals surface area contributed by atoms with Gasteiger partial charge in [-0.25, -0.2) is 0 Å². The maximum absolute atomic E-state index is 11.9. The first-order valence-corrected chi connectivity index (χ1v) is 11.4. The topological polar surface area (TPSA) is 52.6 Å². The van der Waals surface area contributed by atoms with Gasteiger partial charge in [0.25, 0.3) is 0 Å². The van der Waals surface area contributed by atoms with Crippen molar-refractivity contribution in [3.05, 3.63) is 0 Å². The highest BCUT2D eigenvalue weighted by atomic mass is 16.5. The molecule has 0 spiro atoms. The van der Waals surface area contributed by atoms with Gasteiger partial charge in [0.15, 0.2) is 0 Å². The Morgan fingerprint density at radius 1 is 0.704 bits per heavy atom. The van der Waals surface area contributed by atoms with Crippen LogP contribution in [0.5, 0.6) is 0 Å². The summed E-state index contributed by atoms with van der Waals surface area (Å²) in [5.41, 5.74) is 0.197. The van der Waals surface area contributed by atoms with Gasteiger partial charge in [-0.05, 0) is 57.8 Å². The monoisotopic (exact) mass is 380 g/mol. The summed E-state index contributed by atoms with van der Waals surface area (Å²) in [6.45, 7) is 4.77. The molecule has 2 aliphatic rings. The smallest absolute Gasteiger partial charge is 0.312 e. The zero-order valence-corrected chi connectivity index (χ0v) is 17.7. The third kappa shape index (κ3) is 7.83. The van der Waals surface area contributed by atoms with E-state index in [4.69, 9.17) is 9.47 Å². The van der Waals surface area contributed by atoms with E-state index in [2.05, 4.69) is 0 Å². The molecule has 0 aromatic carbocycles. The molecule has 0 amide bonds. The number of esters is 2. The van der Waals surface area contributed by atoms with Crippen LogP contribution >= 0.6 is 0 Å². The van der Waals surface area contributed by atoms with E-state index in [1.165, 1.54) is 64.2 Å². The Labute approximate surface area is 165 Å². The van der Waals surface area contributed by atoms with Crippen LogP contribution in [0.1, 0.15) is 110 Å². The predicted molar refractivity (Wildman–Crippen MR) is 107 cm³/mol. The highest BCUT2D eigenvalue weighted by molar-refractivity contribution is 5.79. The second-order valence-corrected chi connectivity index (χ2v) is 8.81. The first-order chi connectivity index (χ1) is 13.1. The van der Waals surface area contributed by atoms with E-state index in [9.17, 15) is 9.59 Å². The Morgan fingerprint density at radius 3 is 1.70 bits per heavy atom. The van der Waals surface area contributed by atoms with Crippen molar-refractivity contribution >= 4 is 11.9 Å². The molecule has 27 heavy (non-hydrogen) atoms. The first-order valence-electron chi connectivity index (χ1n) is 11.4. The maximum atomic E-state index is 11.9. The average Bonchev–Trinajstić information content (AvgIpc) is 3.55. The second-order valence-electron chi connectivity index (χ2n) is 8.81. The van der Waals surface area contributed by atoms with E-state index in [1.54, 1.807) is 0 Å². The molecule has 0 N–H and O–H groups in total. The Bertz CT molecular complexity index is 463. The van der Waals surface area contributed by atoms with Crippen LogP contribution in [0.15, 0.2) is 0 Å². The van der Waals surface area contributed by atoms with Gasteiger partial charge in [0.2, 0.25) is 0 Å². The fourth-order valence-electron chi connectivity index (χ4n) is 4.23. The lowest BCUT2D eigenvalue weighted by Crippen LogP contribution is -2.18. The summed E-state index contributed by atoms with van der Waals surface area (Å²) in [6.07, 6.45) is 17.5. The molecule has 0 unspecified atom stereocenters. The van der Waals surface area contributed by atoms with Crippen molar-refractivity contribution in [2.24, 2.45) is 10.8 Å². The lowest BCUT2D eigenvalue weighted by Gasteiger charge is -2.14. The van der Waals surface area contributed by atoms with Crippen molar-refractivity contribution in [3.63, 3.8) is 0 Å². The number of carbonyl (C=O) groups is 2. The molecule has 0 radical (unpaired) electrons. The minimum absolute atomic E-state index is 0.00839. The summed E-state index contributed by atoms with van der Waals surface area (Å²) in [7, 11) is 0. The van der Waals surface area contributed by atoms with Crippen molar-refractivity contribution in [1.29, 1.82) is 0 Å². The highest BCUT2D eigenvalue weighted by Crippen LogP contribution is 2.53. The van der Waals surface area contributed by atoms with Gasteiger partial charge in [-0.2, -0.15) is 0 Å². The largest absolute Gasteiger partial charge is 0.466 e. The number of rotatable bonds is 16. The van der Waals surface area contributed by atoms with Crippen molar-refractivity contribution < 1.29 is 19.1 Å². The average molecular weight is 381 g/mol. The summed E-state index contributed by atoms with van der Waals surface area (Å²) >= 11 is 0. The number of carbonyl (C=O) groups excluding carboxylic acids is 2. The van der Waals surface area contributed by atoms with Crippen molar-refractivity contribution in [3.8, 4) is 0 Å². The molecule has 2 saturated carbocycles. The number of hydrogen-bond donors (Lipinski definition) is 0. The standard InChI is InChI=1S/C23H40O4/c1-3-26-20(24)19-22(15-16-22)13-11-9-7-5-6-8-10-12-14-23(17-18-23)21(25)27-4-2/h3-19H2,1-2H3. The molecule has 0 saturated heterocycles. The van der Waals surface area contributed by atoms with Gasteiger partial charge in [0.05, 0.1) is 25.0 Å². The van der Waals surface area contributed by atoms with Crippen LogP contribution in [0.25, 0.3) is 0 Å². The molecule has 0 aromatic rings. The molecule has 0 heterocycles. The number of ether oxygens (including phenoxy) is 2. The van der Waals surface area contributed by atoms with Crippen LogP contribution in [0.3, 0.4) is 0 Å². The Morgan fingerprint density at radius 2 is 1.22 bits per heavy atom. The minimum Gasteiger partial charge on any atom is -0.466 e. The zero-order chi connectivity index (χ0) is 19.6. The molecule has 0 bridgehead atoms. The van der Waals surface area contributed by atoms with Gasteiger partial charge in [-0.1, -0.05) is 51.4 Å². The Balaban J connectivity index is 1.39. The van der Waals surface area contributed by atoms with Gasteiger partial charge in [0, 0.05) is 0 Å². The van der Waals surface area contributed by atoms with Crippen LogP contribution in [-0.2, 0) is 19.1 Å². The fraction of sp³-hybridized carbons (Fsp3) is 0.913. The van der Waals surface area contributed by atoms with Crippen LogP contribution in [0, 0.1) is 10.8 Å². The summed E-state index contributed by atoms with van der Waals surface area (Å²) in [5.74, 6) is 0.0346. The van der Waals surface area contributed by atoms with Crippen LogP contribution in [-0.4, -0.2) is 25.2 Å². The molecule has 0 aliphatic heterocycles. The van der Waals surface area contributed by atoms with Crippen LogP contribution in [0.2, 0.25) is 0 Å². The number of hydrogen-bond acceptors (Lipinski definition) is 4. The lowest BCUT2D eigenvalue weighted by molar-refractivity contribution is -0.150. The third-order valence-electron chi connectivity index (χ3n) is 6.46. The van der Waals surface area contributed by atoms with E-state index in [0.717, 1.165) is 25.7 Å². The first kappa shape index (κ1) is 22.2. The second kappa shape index (κ2) is 11.1. The van der Waals surface area contributed by atoms with Gasteiger partial charge in [0.1, 0.15) is 0 Å². The van der Waals surface area contributed by atoms with Crippen molar-refractivity contribution in [1.82, 2.24) is 0 Å². The van der Waals surface area contributed by atoms with E-state index in [1.807, 2.05) is 13.8 Å². The van der Waals surface area contributed by atoms with Crippen LogP contribution < -0.4 is 0 Å². The van der Waals surface area contributed by atoms with E-state index >= 15 is 0 Å². The van der Waals surface area contributed by atoms with Gasteiger partial charge >= 0.3 is 11.9 Å². The fourth-order valence-corrected chi connectivity index (χ4v) is 4.23. The van der Waals surface area contributed by atoms with Gasteiger partial charge in [-0.3, -0.25) is 9.59 Å². The molecule has 4 nitrogen and oxygen atoms in total. The lowest BCUT2D eigenvalue weighted by atomic mass is 9.94. The Hall–Kier alpha value is -1.06. The Kier molecular flexibility index (Phi) is 9.11. The van der Waals surface area contributed by atoms with Crippen LogP contribution in [0.4, 0.5) is 0 Å². The quantitative estimate of drug-likeness (QED) is 0.245. The summed E-state index contributed by atoms with van der Waals surface area (Å²) in [5, 5.41) is 0. The van der Waals surface area contributed by atoms with Crippen molar-refractivity contribution in [2.45, 2.75) is 110 Å². The minimum atomic E-state index is -0.0989. The van der Waals surface area contributed by atoms with E-state index in [-0.39, 0.29) is 17.4 Å². The normalized spacial score (nSPS) is 18.7. The summed E-state index contributed by atoms with van der Waals surface area (Å²) in [4.78, 5) is 23.6. The third-order valence-corrected chi connectivity index (χ3v) is 6.46. The summed E-state index contributed by atoms with van der Waals surface area (Å²) < 4.78 is 10.3. The molecule has 0 atom stereocenters. The SMILES string of the molecule is CCOC(=O)CC1(CCCCCCCCCCC2(C(=O)OCC)CC2)CC1. The van der Waals surface area contributed by atoms with Gasteiger partial charge in [-0.15, -0.1) is 0 Å². The maximum Gasteiger partial charge on any atom is 0.312 e. The molecule has 2 rings (SSSR count). The van der Waals surface area contributed by atoms with Crippen molar-refractivity contribution in [2.75, 3.05) is 13.2 Å². The predicted octanol–water partition coefficient (Wildman–Crippen LogP) is 5.96. The molecular weight excluding hydrogens is 340 g/mol. The van der Waals surface area contributed by atoms with E-state index in [0.29, 0.717) is 25.0 Å². The molecular formula is C23H40O4. The molecule has 156 valence electrons. The number of unbranched alkanes of at least 4 members (excludes halogenated alkanes) is 7. The molecule has 4 heteroatoms. The molecule has 2 fully saturated rings. The highest BCUT2D eigenvalue weighted by Gasteiger charge is 2.50. The zero-order valence-electron chi connectivity index (χ0n) is 17.7. The van der Waals surface area contributed by atoms with E-state index < -0.39 is 0 Å². The van der Waals surface area contributed by atoms with Gasteiger partial charge < -0.3 is 9.47 Å². The molecule has 2 aliphatic carbocycles.